The summed E-state index contributed by atoms with van der Waals surface area (Å²) in [7, 11) is -9.94. The number of carbonyl (C=O) groups is 4. The second kappa shape index (κ2) is 73.7. The highest BCUT2D eigenvalue weighted by Gasteiger charge is 2.30. The highest BCUT2D eigenvalue weighted by atomic mass is 31.2. The molecule has 0 aliphatic heterocycles. The van der Waals surface area contributed by atoms with Gasteiger partial charge in [0.1, 0.15) is 19.3 Å². The smallest absolute Gasteiger partial charge is 0.462 e. The van der Waals surface area contributed by atoms with E-state index < -0.39 is 97.5 Å². The van der Waals surface area contributed by atoms with Crippen molar-refractivity contribution < 1.29 is 80.2 Å². The number of phosphoric ester groups is 2. The normalized spacial score (nSPS) is 14.3. The van der Waals surface area contributed by atoms with Gasteiger partial charge in [0, 0.05) is 25.7 Å². The molecule has 0 aromatic carbocycles. The lowest BCUT2D eigenvalue weighted by Crippen LogP contribution is -2.30. The van der Waals surface area contributed by atoms with E-state index in [-0.39, 0.29) is 25.7 Å². The number of unbranched alkanes of at least 4 members (excludes halogenated alkanes) is 44. The quantitative estimate of drug-likeness (QED) is 0.0169. The molecule has 608 valence electrons. The Morgan fingerprint density at radius 3 is 0.864 bits per heavy atom. The number of hydrogen-bond donors (Lipinski definition) is 3. The third kappa shape index (κ3) is 76.1. The van der Waals surface area contributed by atoms with Crippen molar-refractivity contribution >= 4 is 39.5 Å². The maximum atomic E-state index is 13.1. The van der Waals surface area contributed by atoms with Gasteiger partial charge in [-0.05, 0) is 69.1 Å². The van der Waals surface area contributed by atoms with Crippen LogP contribution >= 0.6 is 15.6 Å². The lowest BCUT2D eigenvalue weighted by Gasteiger charge is -2.21. The highest BCUT2D eigenvalue weighted by Crippen LogP contribution is 2.45. The first kappa shape index (κ1) is 101. The minimum atomic E-state index is -4.97. The number of phosphoric acid groups is 2. The van der Waals surface area contributed by atoms with E-state index in [9.17, 15) is 43.2 Å². The molecule has 0 saturated heterocycles. The van der Waals surface area contributed by atoms with Crippen LogP contribution in [0, 0.1) is 17.8 Å². The molecule has 0 aromatic heterocycles. The van der Waals surface area contributed by atoms with Crippen molar-refractivity contribution in [3.63, 3.8) is 0 Å². The summed E-state index contributed by atoms with van der Waals surface area (Å²) in [5, 5.41) is 10.7. The van der Waals surface area contributed by atoms with Crippen molar-refractivity contribution in [3.8, 4) is 0 Å². The largest absolute Gasteiger partial charge is 0.472 e. The van der Waals surface area contributed by atoms with Gasteiger partial charge in [0.25, 0.3) is 0 Å². The van der Waals surface area contributed by atoms with Gasteiger partial charge in [0.05, 0.1) is 26.4 Å². The Hall–Kier alpha value is -2.46. The van der Waals surface area contributed by atoms with Gasteiger partial charge in [-0.15, -0.1) is 0 Å². The van der Waals surface area contributed by atoms with Gasteiger partial charge in [-0.25, -0.2) is 9.13 Å². The molecule has 0 saturated carbocycles. The predicted octanol–water partition coefficient (Wildman–Crippen LogP) is 24.9. The minimum Gasteiger partial charge on any atom is -0.462 e. The topological polar surface area (TPSA) is 237 Å². The summed E-state index contributed by atoms with van der Waals surface area (Å²) in [4.78, 5) is 73.1. The number of hydrogen-bond acceptors (Lipinski definition) is 15. The Labute approximate surface area is 631 Å². The molecule has 0 amide bonds. The van der Waals surface area contributed by atoms with E-state index >= 15 is 0 Å². The van der Waals surface area contributed by atoms with Gasteiger partial charge < -0.3 is 33.8 Å². The Kier molecular flexibility index (Phi) is 71.9. The zero-order valence-electron chi connectivity index (χ0n) is 67.3. The number of allylic oxidation sites excluding steroid dienone is 4. The average Bonchev–Trinajstić information content (AvgIpc) is 0.911. The fourth-order valence-electron chi connectivity index (χ4n) is 12.4. The third-order valence-electron chi connectivity index (χ3n) is 19.4. The van der Waals surface area contributed by atoms with E-state index in [1.807, 2.05) is 0 Å². The predicted molar refractivity (Wildman–Crippen MR) is 423 cm³/mol. The molecular weight excluding hydrogens is 1340 g/mol. The average molecular weight is 1500 g/mol. The van der Waals surface area contributed by atoms with Crippen molar-refractivity contribution in [1.29, 1.82) is 0 Å². The van der Waals surface area contributed by atoms with Crippen LogP contribution in [0.25, 0.3) is 0 Å². The Balaban J connectivity index is 5.26. The van der Waals surface area contributed by atoms with Crippen LogP contribution in [0.3, 0.4) is 0 Å². The van der Waals surface area contributed by atoms with Crippen LogP contribution < -0.4 is 0 Å². The summed E-state index contributed by atoms with van der Waals surface area (Å²) in [5.41, 5.74) is 0. The maximum absolute atomic E-state index is 13.1. The van der Waals surface area contributed by atoms with Crippen LogP contribution in [0.2, 0.25) is 0 Å². The number of ether oxygens (including phenoxy) is 4. The first-order chi connectivity index (χ1) is 49.8. The monoisotopic (exact) mass is 1500 g/mol. The van der Waals surface area contributed by atoms with Crippen molar-refractivity contribution in [2.24, 2.45) is 17.8 Å². The second-order valence-corrected chi connectivity index (χ2v) is 33.6. The van der Waals surface area contributed by atoms with Crippen molar-refractivity contribution in [2.75, 3.05) is 39.6 Å². The molecule has 3 N–H and O–H groups in total. The number of rotatable bonds is 80. The SMILES string of the molecule is CCCCCC/C=C\C=C/CCCCCCCC(=O)OC[C@H](COP(=O)(O)OC[C@@H](O)COP(=O)(O)OC[C@@H](COC(=O)CCCCCCCCC(C)CC)OC(=O)CCCCCCCCCCCCCCCCC(C)C)OC(=O)CCCCCCCCCCCCCCCCCCCCC(C)C. The lowest BCUT2D eigenvalue weighted by atomic mass is 10.00. The summed E-state index contributed by atoms with van der Waals surface area (Å²) in [6.07, 6.45) is 66.1. The summed E-state index contributed by atoms with van der Waals surface area (Å²) >= 11 is 0. The summed E-state index contributed by atoms with van der Waals surface area (Å²) < 4.78 is 68.8. The highest BCUT2D eigenvalue weighted by molar-refractivity contribution is 7.47. The van der Waals surface area contributed by atoms with E-state index in [1.165, 1.54) is 199 Å². The number of esters is 4. The molecule has 0 aliphatic rings. The Bertz CT molecular complexity index is 2090. The Morgan fingerprint density at radius 2 is 0.573 bits per heavy atom. The van der Waals surface area contributed by atoms with E-state index in [2.05, 4.69) is 72.8 Å². The number of aliphatic hydroxyl groups excluding tert-OH is 1. The van der Waals surface area contributed by atoms with Crippen LogP contribution in [0.4, 0.5) is 0 Å². The molecule has 3 unspecified atom stereocenters. The molecule has 17 nitrogen and oxygen atoms in total. The number of aliphatic hydroxyl groups is 1. The van der Waals surface area contributed by atoms with Crippen LogP contribution in [-0.2, 0) is 65.4 Å². The molecule has 103 heavy (non-hydrogen) atoms. The summed E-state index contributed by atoms with van der Waals surface area (Å²) in [6, 6.07) is 0. The fourth-order valence-corrected chi connectivity index (χ4v) is 14.0. The molecule has 6 atom stereocenters. The van der Waals surface area contributed by atoms with Gasteiger partial charge >= 0.3 is 39.5 Å². The zero-order valence-corrected chi connectivity index (χ0v) is 69.1. The minimum absolute atomic E-state index is 0.101. The molecule has 0 fully saturated rings. The third-order valence-corrected chi connectivity index (χ3v) is 21.3. The molecular formula is C84H160O17P2. The first-order valence-electron chi connectivity index (χ1n) is 42.7. The van der Waals surface area contributed by atoms with E-state index in [1.54, 1.807) is 0 Å². The second-order valence-electron chi connectivity index (χ2n) is 30.7. The maximum Gasteiger partial charge on any atom is 0.472 e. The van der Waals surface area contributed by atoms with Gasteiger partial charge in [-0.2, -0.15) is 0 Å². The van der Waals surface area contributed by atoms with E-state index in [0.29, 0.717) is 25.7 Å². The molecule has 0 radical (unpaired) electrons. The fraction of sp³-hybridized carbons (Fsp3) is 0.905. The molecule has 0 rings (SSSR count). The zero-order chi connectivity index (χ0) is 75.8. The molecule has 19 heteroatoms. The van der Waals surface area contributed by atoms with Crippen LogP contribution in [0.15, 0.2) is 24.3 Å². The molecule has 0 heterocycles. The van der Waals surface area contributed by atoms with Gasteiger partial charge in [0.2, 0.25) is 0 Å². The van der Waals surface area contributed by atoms with E-state index in [4.69, 9.17) is 37.0 Å². The van der Waals surface area contributed by atoms with Crippen molar-refractivity contribution in [2.45, 2.75) is 433 Å². The molecule has 0 aliphatic carbocycles. The van der Waals surface area contributed by atoms with E-state index in [0.717, 1.165) is 133 Å². The van der Waals surface area contributed by atoms with Crippen LogP contribution in [0.5, 0.6) is 0 Å². The summed E-state index contributed by atoms with van der Waals surface area (Å²) in [5.74, 6) is 0.203. The Morgan fingerprint density at radius 1 is 0.320 bits per heavy atom. The van der Waals surface area contributed by atoms with Crippen LogP contribution in [0.1, 0.15) is 414 Å². The lowest BCUT2D eigenvalue weighted by molar-refractivity contribution is -0.161. The molecule has 0 bridgehead atoms. The standard InChI is InChI=1S/C84H160O17P2/c1-8-10-11-12-13-14-15-16-21-28-33-38-43-51-58-65-81(86)94-71-79(100-83(88)67-60-53-44-39-34-29-23-20-18-17-19-22-26-31-36-41-48-55-62-75(3)4)73-98-102(90,91)96-69-78(85)70-97-103(92,93)99-74-80(72-95-82(87)66-59-52-47-46-50-57-64-77(7)9-2)101-84(89)68-61-54-45-40-35-30-25-24-27-32-37-42-49-56-63-76(5)6/h14-16,21,75-80,85H,8-13,17-20,22-74H2,1-7H3,(H,90,91)(H,92,93)/b15-14-,21-16-/t77?,78-,79-,80-/m1/s1. The van der Waals surface area contributed by atoms with Crippen molar-refractivity contribution in [3.05, 3.63) is 24.3 Å². The number of carbonyl (C=O) groups excluding carboxylic acids is 4. The van der Waals surface area contributed by atoms with Gasteiger partial charge in [0.15, 0.2) is 12.2 Å². The van der Waals surface area contributed by atoms with Crippen molar-refractivity contribution in [1.82, 2.24) is 0 Å². The van der Waals surface area contributed by atoms with Crippen LogP contribution in [-0.4, -0.2) is 96.7 Å². The first-order valence-corrected chi connectivity index (χ1v) is 45.7. The van der Waals surface area contributed by atoms with Gasteiger partial charge in [-0.3, -0.25) is 37.3 Å². The molecule has 0 aromatic rings. The van der Waals surface area contributed by atoms with Gasteiger partial charge in [-0.1, -0.05) is 362 Å². The molecule has 0 spiro atoms. The summed E-state index contributed by atoms with van der Waals surface area (Å²) in [6.45, 7) is 11.9.